The number of anilines is 1. The zero-order valence-electron chi connectivity index (χ0n) is 18.6. The van der Waals surface area contributed by atoms with Crippen molar-refractivity contribution in [2.24, 2.45) is 0 Å². The second kappa shape index (κ2) is 8.66. The number of H-pyrrole nitrogens is 1. The molecule has 3 aromatic rings. The van der Waals surface area contributed by atoms with E-state index in [0.29, 0.717) is 24.5 Å². The summed E-state index contributed by atoms with van der Waals surface area (Å²) in [6.07, 6.45) is 0. The summed E-state index contributed by atoms with van der Waals surface area (Å²) in [5.74, 6) is -1.34. The summed E-state index contributed by atoms with van der Waals surface area (Å²) in [6.45, 7) is 8.57. The number of hydrogen-bond donors (Lipinski definition) is 1. The molecule has 4 rings (SSSR count). The lowest BCUT2D eigenvalue weighted by Crippen LogP contribution is -2.47. The third-order valence-electron chi connectivity index (χ3n) is 6.22. The van der Waals surface area contributed by atoms with Gasteiger partial charge in [-0.1, -0.05) is 6.07 Å². The number of nitrogens with zero attached hydrogens (tertiary/aromatic N) is 4. The van der Waals surface area contributed by atoms with E-state index in [1.807, 2.05) is 17.9 Å². The van der Waals surface area contributed by atoms with Gasteiger partial charge in [0.1, 0.15) is 5.69 Å². The molecule has 1 aromatic carbocycles. The van der Waals surface area contributed by atoms with Gasteiger partial charge in [0.25, 0.3) is 5.56 Å². The number of aryl methyl sites for hydroxylation is 2. The van der Waals surface area contributed by atoms with Gasteiger partial charge in [-0.15, -0.1) is 0 Å². The Morgan fingerprint density at radius 2 is 1.84 bits per heavy atom. The first-order chi connectivity index (χ1) is 15.3. The van der Waals surface area contributed by atoms with E-state index in [1.165, 1.54) is 13.2 Å². The molecule has 32 heavy (non-hydrogen) atoms. The predicted octanol–water partition coefficient (Wildman–Crippen LogP) is 2.74. The normalized spacial score (nSPS) is 15.7. The second-order valence-electron chi connectivity index (χ2n) is 8.02. The lowest BCUT2D eigenvalue weighted by Gasteiger charge is -2.39. The molecule has 1 aliphatic heterocycles. The molecule has 0 bridgehead atoms. The Hall–Kier alpha value is -3.33. The number of ether oxygens (including phenoxy) is 1. The summed E-state index contributed by atoms with van der Waals surface area (Å²) in [5, 5.41) is 0. The molecule has 2 aromatic heterocycles. The van der Waals surface area contributed by atoms with Gasteiger partial charge in [-0.05, 0) is 50.1 Å². The van der Waals surface area contributed by atoms with Gasteiger partial charge in [-0.3, -0.25) is 9.69 Å². The van der Waals surface area contributed by atoms with Crippen molar-refractivity contribution in [3.05, 3.63) is 63.1 Å². The lowest BCUT2D eigenvalue weighted by atomic mass is 9.99. The molecule has 0 radical (unpaired) electrons. The number of fused-ring (bicyclic) bond motifs is 1. The van der Waals surface area contributed by atoms with Crippen LogP contribution in [0, 0.1) is 19.8 Å². The SMILES string of the molecule is COC(=O)c1ccc(N2CCN(C(C)c3ccc4nc(C)c(=O)[nH]c4c3C)CC2)c(F)n1. The van der Waals surface area contributed by atoms with Gasteiger partial charge < -0.3 is 14.6 Å². The van der Waals surface area contributed by atoms with E-state index < -0.39 is 11.9 Å². The second-order valence-corrected chi connectivity index (χ2v) is 8.02. The number of piperazine rings is 1. The first-order valence-electron chi connectivity index (χ1n) is 10.5. The minimum Gasteiger partial charge on any atom is -0.464 e. The van der Waals surface area contributed by atoms with Gasteiger partial charge in [0.05, 0.1) is 23.8 Å². The Balaban J connectivity index is 1.50. The number of aromatic amines is 1. The van der Waals surface area contributed by atoms with Crippen molar-refractivity contribution in [2.75, 3.05) is 38.2 Å². The van der Waals surface area contributed by atoms with E-state index in [9.17, 15) is 14.0 Å². The molecule has 168 valence electrons. The average Bonchev–Trinajstić information content (AvgIpc) is 2.80. The number of esters is 1. The predicted molar refractivity (Wildman–Crippen MR) is 120 cm³/mol. The maximum Gasteiger partial charge on any atom is 0.356 e. The molecule has 0 aliphatic carbocycles. The highest BCUT2D eigenvalue weighted by Gasteiger charge is 2.26. The molecule has 0 saturated carbocycles. The first kappa shape index (κ1) is 21.9. The van der Waals surface area contributed by atoms with Crippen molar-refractivity contribution >= 4 is 22.7 Å². The molecule has 0 spiro atoms. The number of rotatable bonds is 4. The molecule has 1 unspecified atom stereocenters. The highest BCUT2D eigenvalue weighted by atomic mass is 19.1. The number of benzene rings is 1. The maximum atomic E-state index is 14.5. The number of methoxy groups -OCH3 is 1. The molecule has 1 N–H and O–H groups in total. The number of aromatic nitrogens is 3. The van der Waals surface area contributed by atoms with E-state index in [1.54, 1.807) is 13.0 Å². The molecule has 3 heterocycles. The number of halogens is 1. The fraction of sp³-hybridized carbons (Fsp3) is 0.391. The van der Waals surface area contributed by atoms with E-state index in [0.717, 1.165) is 35.2 Å². The van der Waals surface area contributed by atoms with Gasteiger partial charge in [0.15, 0.2) is 5.69 Å². The monoisotopic (exact) mass is 439 g/mol. The van der Waals surface area contributed by atoms with Crippen molar-refractivity contribution in [1.82, 2.24) is 19.9 Å². The van der Waals surface area contributed by atoms with Gasteiger partial charge >= 0.3 is 5.97 Å². The minimum atomic E-state index is -0.675. The van der Waals surface area contributed by atoms with E-state index in [-0.39, 0.29) is 17.3 Å². The van der Waals surface area contributed by atoms with Crippen LogP contribution in [0.25, 0.3) is 11.0 Å². The van der Waals surface area contributed by atoms with Crippen LogP contribution in [0.4, 0.5) is 10.1 Å². The van der Waals surface area contributed by atoms with Crippen LogP contribution in [0.1, 0.15) is 40.3 Å². The highest BCUT2D eigenvalue weighted by molar-refractivity contribution is 5.87. The van der Waals surface area contributed by atoms with Crippen LogP contribution >= 0.6 is 0 Å². The Morgan fingerprint density at radius 3 is 2.50 bits per heavy atom. The number of carbonyl (C=O) groups excluding carboxylic acids is 1. The van der Waals surface area contributed by atoms with Crippen LogP contribution in [-0.2, 0) is 4.74 Å². The van der Waals surface area contributed by atoms with Crippen molar-refractivity contribution in [2.45, 2.75) is 26.8 Å². The molecule has 1 atom stereocenters. The standard InChI is InChI=1S/C23H26FN5O3/c1-13-16(5-6-17-20(13)27-22(30)14(2)25-17)15(3)28-9-11-29(12-10-28)19-8-7-18(23(31)32-4)26-21(19)24/h5-8,15H,9-12H2,1-4H3,(H,27,30). The van der Waals surface area contributed by atoms with Gasteiger partial charge in [-0.25, -0.2) is 14.8 Å². The largest absolute Gasteiger partial charge is 0.464 e. The van der Waals surface area contributed by atoms with Gasteiger partial charge in [-0.2, -0.15) is 4.39 Å². The van der Waals surface area contributed by atoms with Gasteiger partial charge in [0.2, 0.25) is 5.95 Å². The summed E-state index contributed by atoms with van der Waals surface area (Å²) < 4.78 is 19.1. The Morgan fingerprint density at radius 1 is 1.12 bits per heavy atom. The van der Waals surface area contributed by atoms with Crippen molar-refractivity contribution in [1.29, 1.82) is 0 Å². The average molecular weight is 439 g/mol. The van der Waals surface area contributed by atoms with E-state index in [4.69, 9.17) is 0 Å². The van der Waals surface area contributed by atoms with Crippen LogP contribution < -0.4 is 10.5 Å². The third kappa shape index (κ3) is 3.95. The highest BCUT2D eigenvalue weighted by Crippen LogP contribution is 2.29. The Kier molecular flexibility index (Phi) is 5.92. The molecule has 8 nitrogen and oxygen atoms in total. The molecular weight excluding hydrogens is 413 g/mol. The van der Waals surface area contributed by atoms with E-state index >= 15 is 0 Å². The molecular formula is C23H26FN5O3. The summed E-state index contributed by atoms with van der Waals surface area (Å²) in [5.41, 5.74) is 4.30. The van der Waals surface area contributed by atoms with Crippen LogP contribution in [0.5, 0.6) is 0 Å². The maximum absolute atomic E-state index is 14.5. The molecule has 1 saturated heterocycles. The summed E-state index contributed by atoms with van der Waals surface area (Å²) >= 11 is 0. The molecule has 1 aliphatic rings. The topological polar surface area (TPSA) is 91.4 Å². The summed E-state index contributed by atoms with van der Waals surface area (Å²) in [4.78, 5) is 38.9. The van der Waals surface area contributed by atoms with Crippen LogP contribution in [0.2, 0.25) is 0 Å². The van der Waals surface area contributed by atoms with Crippen LogP contribution in [-0.4, -0.2) is 59.1 Å². The Bertz CT molecular complexity index is 1230. The lowest BCUT2D eigenvalue weighted by molar-refractivity contribution is 0.0592. The first-order valence-corrected chi connectivity index (χ1v) is 10.5. The Labute approximate surface area is 185 Å². The zero-order valence-corrected chi connectivity index (χ0v) is 18.6. The molecule has 1 fully saturated rings. The van der Waals surface area contributed by atoms with E-state index in [2.05, 4.69) is 37.6 Å². The van der Waals surface area contributed by atoms with Crippen LogP contribution in [0.15, 0.2) is 29.1 Å². The fourth-order valence-corrected chi connectivity index (χ4v) is 4.28. The number of hydrogen-bond acceptors (Lipinski definition) is 7. The number of pyridine rings is 1. The number of carbonyl (C=O) groups is 1. The molecule has 9 heteroatoms. The van der Waals surface area contributed by atoms with Crippen LogP contribution in [0.3, 0.4) is 0 Å². The minimum absolute atomic E-state index is 0.0458. The fourth-order valence-electron chi connectivity index (χ4n) is 4.28. The smallest absolute Gasteiger partial charge is 0.356 e. The zero-order chi connectivity index (χ0) is 23.0. The van der Waals surface area contributed by atoms with Gasteiger partial charge in [0, 0.05) is 32.2 Å². The third-order valence-corrected chi connectivity index (χ3v) is 6.22. The van der Waals surface area contributed by atoms with Crippen molar-refractivity contribution < 1.29 is 13.9 Å². The van der Waals surface area contributed by atoms with Crippen molar-refractivity contribution in [3.63, 3.8) is 0 Å². The molecule has 0 amide bonds. The quantitative estimate of drug-likeness (QED) is 0.494. The number of nitrogens with one attached hydrogen (secondary N) is 1. The summed E-state index contributed by atoms with van der Waals surface area (Å²) in [6, 6.07) is 7.18. The van der Waals surface area contributed by atoms with Crippen molar-refractivity contribution in [3.8, 4) is 0 Å². The summed E-state index contributed by atoms with van der Waals surface area (Å²) in [7, 11) is 1.24.